The monoisotopic (exact) mass is 460 g/mol. The van der Waals surface area contributed by atoms with E-state index in [1.807, 2.05) is 0 Å². The van der Waals surface area contributed by atoms with E-state index < -0.39 is 80.0 Å². The molecular weight excluding hydrogens is 428 g/mol. The average molecular weight is 460 g/mol. The average Bonchev–Trinajstić information content (AvgIpc) is 3.06. The Labute approximate surface area is 185 Å². The largest absolute Gasteiger partial charge is 0.394 e. The molecule has 3 rings (SSSR count). The third-order valence-electron chi connectivity index (χ3n) is 6.32. The van der Waals surface area contributed by atoms with Crippen molar-refractivity contribution in [3.8, 4) is 0 Å². The molecule has 0 aromatic heterocycles. The lowest BCUT2D eigenvalue weighted by Crippen LogP contribution is -2.71. The Morgan fingerprint density at radius 3 is 1.94 bits per heavy atom. The molecule has 2 unspecified atom stereocenters. The van der Waals surface area contributed by atoms with Gasteiger partial charge in [-0.15, -0.1) is 0 Å². The summed E-state index contributed by atoms with van der Waals surface area (Å²) < 4.78 is 17.4. The highest BCUT2D eigenvalue weighted by molar-refractivity contribution is 5.24. The molecule has 11 heteroatoms. The minimum absolute atomic E-state index is 0.256. The molecule has 0 aliphatic carbocycles. The van der Waals surface area contributed by atoms with Gasteiger partial charge in [0.1, 0.15) is 49.3 Å². The van der Waals surface area contributed by atoms with Gasteiger partial charge in [0.2, 0.25) is 11.6 Å². The van der Waals surface area contributed by atoms with Gasteiger partial charge >= 0.3 is 0 Å². The lowest BCUT2D eigenvalue weighted by molar-refractivity contribution is -0.440. The SMILES string of the molecule is CCC(c1ccccc1)[C@@]1(OC2(CO)O[C@H](CO)[C@@H](O)[C@@H]2O)O[C@H](CO)[C@@H](O)[C@H](O)[C@H]1O. The minimum Gasteiger partial charge on any atom is -0.394 e. The maximum absolute atomic E-state index is 11.1. The third kappa shape index (κ3) is 4.08. The van der Waals surface area contributed by atoms with E-state index in [1.165, 1.54) is 0 Å². The van der Waals surface area contributed by atoms with Crippen molar-refractivity contribution in [2.75, 3.05) is 19.8 Å². The highest BCUT2D eigenvalue weighted by Gasteiger charge is 2.65. The molecule has 0 amide bonds. The second-order valence-corrected chi connectivity index (χ2v) is 8.20. The van der Waals surface area contributed by atoms with E-state index >= 15 is 0 Å². The molecule has 2 saturated heterocycles. The summed E-state index contributed by atoms with van der Waals surface area (Å²) >= 11 is 0. The number of hydrogen-bond donors (Lipinski definition) is 8. The number of benzene rings is 1. The Hall–Kier alpha value is -1.22. The van der Waals surface area contributed by atoms with Crippen molar-refractivity contribution < 1.29 is 55.1 Å². The van der Waals surface area contributed by atoms with Crippen molar-refractivity contribution in [1.82, 2.24) is 0 Å². The number of hydrogen-bond acceptors (Lipinski definition) is 11. The predicted molar refractivity (Wildman–Crippen MR) is 107 cm³/mol. The molecule has 1 aromatic carbocycles. The molecule has 2 aliphatic heterocycles. The number of ether oxygens (including phenoxy) is 3. The summed E-state index contributed by atoms with van der Waals surface area (Å²) in [7, 11) is 0. The molecule has 2 aliphatic rings. The lowest BCUT2D eigenvalue weighted by atomic mass is 9.79. The van der Waals surface area contributed by atoms with Crippen LogP contribution >= 0.6 is 0 Å². The first kappa shape index (κ1) is 25.4. The van der Waals surface area contributed by atoms with E-state index in [4.69, 9.17) is 14.2 Å². The van der Waals surface area contributed by atoms with Gasteiger partial charge in [0.15, 0.2) is 0 Å². The molecular formula is C21H32O11. The molecule has 32 heavy (non-hydrogen) atoms. The first-order valence-electron chi connectivity index (χ1n) is 10.5. The molecule has 1 aromatic rings. The highest BCUT2D eigenvalue weighted by Crippen LogP contribution is 2.48. The van der Waals surface area contributed by atoms with Crippen LogP contribution in [0.25, 0.3) is 0 Å². The van der Waals surface area contributed by atoms with Crippen LogP contribution in [0.4, 0.5) is 0 Å². The number of aliphatic hydroxyl groups excluding tert-OH is 8. The summed E-state index contributed by atoms with van der Waals surface area (Å²) in [5.74, 6) is -5.44. The van der Waals surface area contributed by atoms with Gasteiger partial charge in [-0.3, -0.25) is 0 Å². The van der Waals surface area contributed by atoms with Crippen LogP contribution in [-0.2, 0) is 14.2 Å². The van der Waals surface area contributed by atoms with Crippen molar-refractivity contribution in [1.29, 1.82) is 0 Å². The summed E-state index contributed by atoms with van der Waals surface area (Å²) in [6.07, 6.45) is -11.3. The van der Waals surface area contributed by atoms with Crippen molar-refractivity contribution in [3.63, 3.8) is 0 Å². The zero-order chi connectivity index (χ0) is 23.7. The van der Waals surface area contributed by atoms with E-state index in [2.05, 4.69) is 0 Å². The van der Waals surface area contributed by atoms with Gasteiger partial charge in [-0.2, -0.15) is 0 Å². The molecule has 0 saturated carbocycles. The van der Waals surface area contributed by atoms with Crippen LogP contribution in [0, 0.1) is 0 Å². The third-order valence-corrected chi connectivity index (χ3v) is 6.32. The predicted octanol–water partition coefficient (Wildman–Crippen LogP) is -2.83. The van der Waals surface area contributed by atoms with E-state index in [0.29, 0.717) is 5.56 Å². The Balaban J connectivity index is 2.14. The highest BCUT2D eigenvalue weighted by atomic mass is 16.8. The van der Waals surface area contributed by atoms with Gasteiger partial charge in [0, 0.05) is 5.92 Å². The van der Waals surface area contributed by atoms with Crippen molar-refractivity contribution in [3.05, 3.63) is 35.9 Å². The maximum Gasteiger partial charge on any atom is 0.224 e. The van der Waals surface area contributed by atoms with Crippen LogP contribution in [0.3, 0.4) is 0 Å². The van der Waals surface area contributed by atoms with Crippen molar-refractivity contribution in [2.24, 2.45) is 0 Å². The second kappa shape index (κ2) is 9.95. The Kier molecular flexibility index (Phi) is 7.90. The van der Waals surface area contributed by atoms with Crippen molar-refractivity contribution in [2.45, 2.75) is 73.6 Å². The molecule has 2 heterocycles. The first-order valence-corrected chi connectivity index (χ1v) is 10.5. The molecule has 10 atom stereocenters. The van der Waals surface area contributed by atoms with Gasteiger partial charge in [-0.1, -0.05) is 37.3 Å². The standard InChI is InChI=1S/C21H32O11/c1-2-12(11-6-4-3-5-7-11)21(19(29)17(27)15(25)13(8-22)31-21)32-20(10-24)18(28)16(26)14(9-23)30-20/h3-7,12-19,22-29H,2,8-10H2,1H3/t12?,13-,14-,15-,16-,17+,18+,19-,20?,21+/m1/s1. The topological polar surface area (TPSA) is 190 Å². The fraction of sp³-hybridized carbons (Fsp3) is 0.714. The van der Waals surface area contributed by atoms with Crippen LogP contribution in [0.5, 0.6) is 0 Å². The second-order valence-electron chi connectivity index (χ2n) is 8.20. The molecule has 2 fully saturated rings. The van der Waals surface area contributed by atoms with Crippen LogP contribution in [0.2, 0.25) is 0 Å². The quantitative estimate of drug-likeness (QED) is 0.200. The van der Waals surface area contributed by atoms with Crippen LogP contribution < -0.4 is 0 Å². The van der Waals surface area contributed by atoms with Crippen LogP contribution in [0.1, 0.15) is 24.8 Å². The summed E-state index contributed by atoms with van der Waals surface area (Å²) in [6, 6.07) is 8.64. The number of aliphatic hydroxyl groups is 8. The Morgan fingerprint density at radius 2 is 1.44 bits per heavy atom. The summed E-state index contributed by atoms with van der Waals surface area (Å²) in [4.78, 5) is 0. The maximum atomic E-state index is 11.1. The van der Waals surface area contributed by atoms with Gasteiger partial charge in [0.25, 0.3) is 0 Å². The molecule has 11 nitrogen and oxygen atoms in total. The fourth-order valence-corrected chi connectivity index (χ4v) is 4.57. The van der Waals surface area contributed by atoms with Crippen LogP contribution in [-0.4, -0.2) is 115 Å². The zero-order valence-corrected chi connectivity index (χ0v) is 17.6. The van der Waals surface area contributed by atoms with E-state index in [1.54, 1.807) is 37.3 Å². The summed E-state index contributed by atoms with van der Waals surface area (Å²) in [5, 5.41) is 82.2. The first-order chi connectivity index (χ1) is 15.2. The fourth-order valence-electron chi connectivity index (χ4n) is 4.57. The minimum atomic E-state index is -2.35. The molecule has 0 spiro atoms. The van der Waals surface area contributed by atoms with Gasteiger partial charge in [0.05, 0.1) is 13.2 Å². The zero-order valence-electron chi connectivity index (χ0n) is 17.6. The summed E-state index contributed by atoms with van der Waals surface area (Å²) in [6.45, 7) is -0.699. The van der Waals surface area contributed by atoms with E-state index in [0.717, 1.165) is 0 Å². The molecule has 0 bridgehead atoms. The smallest absolute Gasteiger partial charge is 0.224 e. The van der Waals surface area contributed by atoms with Crippen LogP contribution in [0.15, 0.2) is 30.3 Å². The van der Waals surface area contributed by atoms with Gasteiger partial charge < -0.3 is 55.1 Å². The summed E-state index contributed by atoms with van der Waals surface area (Å²) in [5.41, 5.74) is 0.592. The van der Waals surface area contributed by atoms with E-state index in [9.17, 15) is 40.9 Å². The van der Waals surface area contributed by atoms with Gasteiger partial charge in [-0.25, -0.2) is 0 Å². The molecule has 182 valence electrons. The molecule has 0 radical (unpaired) electrons. The van der Waals surface area contributed by atoms with Gasteiger partial charge in [-0.05, 0) is 12.0 Å². The Morgan fingerprint density at radius 1 is 0.844 bits per heavy atom. The number of rotatable bonds is 8. The normalized spacial score (nSPS) is 43.3. The Bertz CT molecular complexity index is 734. The molecule has 8 N–H and O–H groups in total. The van der Waals surface area contributed by atoms with E-state index in [-0.39, 0.29) is 6.42 Å². The lowest BCUT2D eigenvalue weighted by Gasteiger charge is -2.54. The van der Waals surface area contributed by atoms with Crippen molar-refractivity contribution >= 4 is 0 Å².